The van der Waals surface area contributed by atoms with E-state index in [0.29, 0.717) is 6.54 Å². The Bertz CT molecular complexity index is 404. The summed E-state index contributed by atoms with van der Waals surface area (Å²) in [5, 5.41) is 10.9. The Kier molecular flexibility index (Phi) is 2.31. The van der Waals surface area contributed by atoms with E-state index >= 15 is 0 Å². The lowest BCUT2D eigenvalue weighted by atomic mass is 10.3. The van der Waals surface area contributed by atoms with Crippen LogP contribution in [0.3, 0.4) is 0 Å². The van der Waals surface area contributed by atoms with Crippen molar-refractivity contribution in [2.45, 2.75) is 6.54 Å². The van der Waals surface area contributed by atoms with Crippen LogP contribution in [0.1, 0.15) is 5.56 Å². The number of hydrogen-bond acceptors (Lipinski definition) is 4. The average molecular weight is 190 g/mol. The third-order valence-corrected chi connectivity index (χ3v) is 1.75. The van der Waals surface area contributed by atoms with Crippen LogP contribution in [0.4, 0.5) is 5.82 Å². The lowest BCUT2D eigenvalue weighted by Gasteiger charge is -1.97. The van der Waals surface area contributed by atoms with Crippen LogP contribution < -0.4 is 5.32 Å². The molecule has 0 fully saturated rings. The Morgan fingerprint density at radius 2 is 2.57 bits per heavy atom. The zero-order valence-corrected chi connectivity index (χ0v) is 7.55. The normalized spacial score (nSPS) is 10.0. The molecule has 5 heteroatoms. The van der Waals surface area contributed by atoms with Crippen LogP contribution in [-0.2, 0) is 6.54 Å². The number of nitrogens with zero attached hydrogens (tertiary/aromatic N) is 3. The van der Waals surface area contributed by atoms with Gasteiger partial charge in [0.15, 0.2) is 5.82 Å². The first-order valence-electron chi connectivity index (χ1n) is 4.18. The summed E-state index contributed by atoms with van der Waals surface area (Å²) in [5.74, 6) is 0.719. The largest absolute Gasteiger partial charge is 0.363 e. The van der Waals surface area contributed by atoms with E-state index in [1.807, 2.05) is 6.20 Å². The molecule has 0 aliphatic heterocycles. The summed E-state index contributed by atoms with van der Waals surface area (Å²) < 4.78 is 6.33. The zero-order valence-electron chi connectivity index (χ0n) is 7.55. The highest BCUT2D eigenvalue weighted by atomic mass is 16.5. The first-order valence-corrected chi connectivity index (χ1v) is 4.18. The maximum atomic E-state index is 4.68. The molecule has 0 saturated heterocycles. The van der Waals surface area contributed by atoms with Crippen molar-refractivity contribution in [1.29, 1.82) is 0 Å². The Morgan fingerprint density at radius 3 is 3.21 bits per heavy atom. The predicted molar refractivity (Wildman–Crippen MR) is 52.4 cm³/mol. The highest BCUT2D eigenvalue weighted by Crippen LogP contribution is 2.05. The molecule has 2 aromatic rings. The number of anilines is 1. The third-order valence-electron chi connectivity index (χ3n) is 1.75. The second-order valence-corrected chi connectivity index (χ2v) is 2.75. The summed E-state index contributed by atoms with van der Waals surface area (Å²) >= 11 is 0. The lowest BCUT2D eigenvalue weighted by Crippen LogP contribution is -1.97. The van der Waals surface area contributed by atoms with Gasteiger partial charge in [-0.05, 0) is 0 Å². The van der Waals surface area contributed by atoms with Gasteiger partial charge in [0.2, 0.25) is 0 Å². The van der Waals surface area contributed by atoms with E-state index in [-0.39, 0.29) is 0 Å². The van der Waals surface area contributed by atoms with E-state index in [1.165, 1.54) is 6.26 Å². The number of aromatic nitrogens is 3. The molecule has 0 spiro atoms. The minimum absolute atomic E-state index is 0.667. The molecule has 0 bridgehead atoms. The maximum absolute atomic E-state index is 4.68. The van der Waals surface area contributed by atoms with E-state index in [0.717, 1.165) is 11.4 Å². The summed E-state index contributed by atoms with van der Waals surface area (Å²) in [6.07, 6.45) is 6.82. The van der Waals surface area contributed by atoms with E-state index in [9.17, 15) is 0 Å². The van der Waals surface area contributed by atoms with Crippen LogP contribution in [0.15, 0.2) is 35.8 Å². The fourth-order valence-electron chi connectivity index (χ4n) is 1.06. The summed E-state index contributed by atoms with van der Waals surface area (Å²) in [5.41, 5.74) is 1.06. The molecular formula is C9H10N4O. The molecule has 0 aliphatic carbocycles. The van der Waals surface area contributed by atoms with Gasteiger partial charge in [-0.2, -0.15) is 5.10 Å². The molecule has 0 aliphatic rings. The second kappa shape index (κ2) is 3.78. The van der Waals surface area contributed by atoms with Crippen molar-refractivity contribution in [2.75, 3.05) is 5.32 Å². The topological polar surface area (TPSA) is 55.9 Å². The van der Waals surface area contributed by atoms with Gasteiger partial charge in [-0.25, -0.2) is 4.68 Å². The first-order chi connectivity index (χ1) is 6.88. The highest BCUT2D eigenvalue weighted by Gasteiger charge is 1.98. The van der Waals surface area contributed by atoms with Gasteiger partial charge >= 0.3 is 0 Å². The molecule has 0 saturated carbocycles. The molecular weight excluding hydrogens is 180 g/mol. The van der Waals surface area contributed by atoms with E-state index in [1.54, 1.807) is 23.1 Å². The molecule has 0 radical (unpaired) electrons. The van der Waals surface area contributed by atoms with Crippen LogP contribution in [0.25, 0.3) is 6.20 Å². The molecule has 72 valence electrons. The molecule has 0 aromatic carbocycles. The zero-order chi connectivity index (χ0) is 9.80. The number of hydrogen-bond donors (Lipinski definition) is 1. The van der Waals surface area contributed by atoms with Gasteiger partial charge in [-0.3, -0.25) is 0 Å². The van der Waals surface area contributed by atoms with E-state index in [2.05, 4.69) is 26.7 Å². The van der Waals surface area contributed by atoms with Crippen LogP contribution >= 0.6 is 0 Å². The molecule has 0 atom stereocenters. The summed E-state index contributed by atoms with van der Waals surface area (Å²) in [6, 6.07) is 1.76. The minimum Gasteiger partial charge on any atom is -0.363 e. The summed E-state index contributed by atoms with van der Waals surface area (Å²) in [6.45, 7) is 4.27. The maximum Gasteiger partial charge on any atom is 0.169 e. The van der Waals surface area contributed by atoms with Crippen LogP contribution in [0, 0.1) is 0 Å². The minimum atomic E-state index is 0.667. The Morgan fingerprint density at radius 1 is 1.64 bits per heavy atom. The van der Waals surface area contributed by atoms with Crippen molar-refractivity contribution in [2.24, 2.45) is 0 Å². The van der Waals surface area contributed by atoms with Gasteiger partial charge in [0.05, 0.1) is 6.20 Å². The Hall–Kier alpha value is -2.04. The first kappa shape index (κ1) is 8.55. The summed E-state index contributed by atoms with van der Waals surface area (Å²) in [7, 11) is 0. The number of nitrogens with one attached hydrogen (secondary N) is 1. The van der Waals surface area contributed by atoms with Gasteiger partial charge < -0.3 is 9.84 Å². The molecule has 2 rings (SSSR count). The molecule has 2 aromatic heterocycles. The summed E-state index contributed by atoms with van der Waals surface area (Å²) in [4.78, 5) is 0. The quantitative estimate of drug-likeness (QED) is 0.795. The van der Waals surface area contributed by atoms with Crippen molar-refractivity contribution >= 4 is 12.0 Å². The van der Waals surface area contributed by atoms with Crippen molar-refractivity contribution in [3.63, 3.8) is 0 Å². The van der Waals surface area contributed by atoms with Crippen molar-refractivity contribution in [3.05, 3.63) is 36.9 Å². The second-order valence-electron chi connectivity index (χ2n) is 2.75. The fourth-order valence-corrected chi connectivity index (χ4v) is 1.06. The lowest BCUT2D eigenvalue weighted by molar-refractivity contribution is 0.422. The highest BCUT2D eigenvalue weighted by molar-refractivity contribution is 5.32. The molecule has 0 unspecified atom stereocenters. The predicted octanol–water partition coefficient (Wildman–Crippen LogP) is 1.58. The van der Waals surface area contributed by atoms with Crippen LogP contribution in [0.5, 0.6) is 0 Å². The smallest absolute Gasteiger partial charge is 0.169 e. The molecule has 2 heterocycles. The monoisotopic (exact) mass is 190 g/mol. The number of rotatable bonds is 4. The Balaban J connectivity index is 1.95. The van der Waals surface area contributed by atoms with Gasteiger partial charge in [0, 0.05) is 30.6 Å². The Labute approximate surface area is 81.0 Å². The average Bonchev–Trinajstić information content (AvgIpc) is 2.86. The molecule has 1 N–H and O–H groups in total. The van der Waals surface area contributed by atoms with Gasteiger partial charge in [-0.15, -0.1) is 0 Å². The van der Waals surface area contributed by atoms with Crippen molar-refractivity contribution in [1.82, 2.24) is 14.9 Å². The van der Waals surface area contributed by atoms with E-state index in [4.69, 9.17) is 0 Å². The third kappa shape index (κ3) is 1.82. The SMILES string of the molecule is C=Cn1cc(CNc2ccon2)cn1. The van der Waals surface area contributed by atoms with Crippen LogP contribution in [0.2, 0.25) is 0 Å². The molecule has 5 nitrogen and oxygen atoms in total. The van der Waals surface area contributed by atoms with E-state index < -0.39 is 0 Å². The molecule has 14 heavy (non-hydrogen) atoms. The van der Waals surface area contributed by atoms with Crippen molar-refractivity contribution < 1.29 is 4.52 Å². The van der Waals surface area contributed by atoms with Gasteiger partial charge in [0.25, 0.3) is 0 Å². The van der Waals surface area contributed by atoms with Crippen LogP contribution in [-0.4, -0.2) is 14.9 Å². The standard InChI is InChI=1S/C9H10N4O/c1-2-13-7-8(6-11-13)5-10-9-3-4-14-12-9/h2-4,6-7H,1,5H2,(H,10,12). The van der Waals surface area contributed by atoms with Gasteiger partial charge in [-0.1, -0.05) is 11.7 Å². The van der Waals surface area contributed by atoms with Crippen molar-refractivity contribution in [3.8, 4) is 0 Å². The van der Waals surface area contributed by atoms with Gasteiger partial charge in [0.1, 0.15) is 6.26 Å². The fraction of sp³-hybridized carbons (Fsp3) is 0.111. The molecule has 0 amide bonds.